The molecule has 0 aromatic heterocycles. The molecule has 0 atom stereocenters. The molecule has 1 aromatic carbocycles. The van der Waals surface area contributed by atoms with Gasteiger partial charge in [-0.3, -0.25) is 4.79 Å². The molecule has 1 aromatic rings. The summed E-state index contributed by atoms with van der Waals surface area (Å²) in [6.07, 6.45) is -0.0349. The number of aryl methyl sites for hydroxylation is 1. The van der Waals surface area contributed by atoms with Crippen molar-refractivity contribution in [3.63, 3.8) is 0 Å². The van der Waals surface area contributed by atoms with Gasteiger partial charge in [-0.05, 0) is 25.0 Å². The van der Waals surface area contributed by atoms with Crippen LogP contribution in [0.2, 0.25) is 0 Å². The minimum atomic E-state index is -0.861. The lowest BCUT2D eigenvalue weighted by molar-refractivity contribution is -0.136. The Morgan fingerprint density at radius 1 is 1.31 bits per heavy atom. The molecule has 4 nitrogen and oxygen atoms in total. The van der Waals surface area contributed by atoms with Crippen molar-refractivity contribution in [1.82, 2.24) is 0 Å². The summed E-state index contributed by atoms with van der Waals surface area (Å²) in [5.41, 5.74) is 2.73. The first kappa shape index (κ1) is 10.8. The summed E-state index contributed by atoms with van der Waals surface area (Å²) in [7, 11) is 0. The number of ether oxygens (including phenoxy) is 2. The van der Waals surface area contributed by atoms with Crippen LogP contribution in [0, 0.1) is 13.8 Å². The van der Waals surface area contributed by atoms with Crippen molar-refractivity contribution in [1.29, 1.82) is 0 Å². The van der Waals surface area contributed by atoms with E-state index in [9.17, 15) is 4.79 Å². The number of aliphatic carboxylic acids is 1. The maximum absolute atomic E-state index is 10.8. The third-order valence-corrected chi connectivity index (χ3v) is 2.74. The molecule has 0 fully saturated rings. The van der Waals surface area contributed by atoms with Crippen LogP contribution in [-0.4, -0.2) is 24.3 Å². The summed E-state index contributed by atoms with van der Waals surface area (Å²) in [6.45, 7) is 4.89. The minimum absolute atomic E-state index is 0.0349. The zero-order chi connectivity index (χ0) is 11.7. The Hall–Kier alpha value is -1.71. The topological polar surface area (TPSA) is 55.8 Å². The SMILES string of the molecule is Cc1cc(CC(=O)O)c2c(c1C)OCCO2. The van der Waals surface area contributed by atoms with Gasteiger partial charge in [0.25, 0.3) is 0 Å². The van der Waals surface area contributed by atoms with Crippen LogP contribution in [0.25, 0.3) is 0 Å². The van der Waals surface area contributed by atoms with Crippen molar-refractivity contribution in [3.8, 4) is 11.5 Å². The van der Waals surface area contributed by atoms with Gasteiger partial charge in [-0.2, -0.15) is 0 Å². The molecule has 0 saturated carbocycles. The molecule has 0 spiro atoms. The predicted octanol–water partition coefficient (Wildman–Crippen LogP) is 1.70. The molecule has 1 heterocycles. The predicted molar refractivity (Wildman–Crippen MR) is 58.2 cm³/mol. The number of benzene rings is 1. The number of hydrogen-bond donors (Lipinski definition) is 1. The van der Waals surface area contributed by atoms with E-state index in [0.29, 0.717) is 30.3 Å². The summed E-state index contributed by atoms with van der Waals surface area (Å²) >= 11 is 0. The van der Waals surface area contributed by atoms with E-state index in [-0.39, 0.29) is 6.42 Å². The van der Waals surface area contributed by atoms with Gasteiger partial charge in [0, 0.05) is 5.56 Å². The van der Waals surface area contributed by atoms with Crippen LogP contribution < -0.4 is 9.47 Å². The third kappa shape index (κ3) is 1.83. The van der Waals surface area contributed by atoms with Gasteiger partial charge in [0.15, 0.2) is 11.5 Å². The Balaban J connectivity index is 2.52. The Labute approximate surface area is 93.8 Å². The molecule has 0 aliphatic carbocycles. The minimum Gasteiger partial charge on any atom is -0.486 e. The average Bonchev–Trinajstić information content (AvgIpc) is 2.25. The summed E-state index contributed by atoms with van der Waals surface area (Å²) < 4.78 is 11.0. The largest absolute Gasteiger partial charge is 0.486 e. The van der Waals surface area contributed by atoms with Crippen molar-refractivity contribution >= 4 is 5.97 Å². The molecule has 0 unspecified atom stereocenters. The van der Waals surface area contributed by atoms with Crippen LogP contribution in [0.4, 0.5) is 0 Å². The maximum Gasteiger partial charge on any atom is 0.307 e. The van der Waals surface area contributed by atoms with Gasteiger partial charge in [-0.25, -0.2) is 0 Å². The number of carboxylic acids is 1. The summed E-state index contributed by atoms with van der Waals surface area (Å²) in [4.78, 5) is 10.8. The zero-order valence-corrected chi connectivity index (χ0v) is 9.37. The molecule has 86 valence electrons. The first-order valence-electron chi connectivity index (χ1n) is 5.20. The van der Waals surface area contributed by atoms with Gasteiger partial charge in [0.05, 0.1) is 6.42 Å². The van der Waals surface area contributed by atoms with Crippen molar-refractivity contribution in [2.45, 2.75) is 20.3 Å². The summed E-state index contributed by atoms with van der Waals surface area (Å²) in [5, 5.41) is 8.83. The highest BCUT2D eigenvalue weighted by molar-refractivity contribution is 5.73. The molecule has 4 heteroatoms. The highest BCUT2D eigenvalue weighted by Crippen LogP contribution is 2.39. The van der Waals surface area contributed by atoms with Gasteiger partial charge >= 0.3 is 5.97 Å². The van der Waals surface area contributed by atoms with Crippen molar-refractivity contribution in [3.05, 3.63) is 22.8 Å². The summed E-state index contributed by atoms with van der Waals surface area (Å²) in [6, 6.07) is 1.86. The Morgan fingerprint density at radius 3 is 2.56 bits per heavy atom. The van der Waals surface area contributed by atoms with Gasteiger partial charge in [0.2, 0.25) is 0 Å². The number of carboxylic acid groups (broad SMARTS) is 1. The molecule has 1 aliphatic rings. The van der Waals surface area contributed by atoms with Crippen LogP contribution in [0.15, 0.2) is 6.07 Å². The van der Waals surface area contributed by atoms with Crippen LogP contribution in [-0.2, 0) is 11.2 Å². The number of hydrogen-bond acceptors (Lipinski definition) is 3. The number of carbonyl (C=O) groups is 1. The normalized spacial score (nSPS) is 13.6. The smallest absolute Gasteiger partial charge is 0.307 e. The summed E-state index contributed by atoms with van der Waals surface area (Å²) in [5.74, 6) is 0.430. The molecule has 0 amide bonds. The van der Waals surface area contributed by atoms with E-state index in [2.05, 4.69) is 0 Å². The van der Waals surface area contributed by atoms with E-state index in [1.165, 1.54) is 0 Å². The van der Waals surface area contributed by atoms with E-state index in [0.717, 1.165) is 11.1 Å². The lowest BCUT2D eigenvalue weighted by atomic mass is 10.0. The zero-order valence-electron chi connectivity index (χ0n) is 9.37. The first-order valence-corrected chi connectivity index (χ1v) is 5.20. The third-order valence-electron chi connectivity index (χ3n) is 2.74. The molecule has 1 N–H and O–H groups in total. The Morgan fingerprint density at radius 2 is 1.94 bits per heavy atom. The molecular formula is C12H14O4. The lowest BCUT2D eigenvalue weighted by Gasteiger charge is -2.23. The van der Waals surface area contributed by atoms with Crippen molar-refractivity contribution in [2.75, 3.05) is 13.2 Å². The second-order valence-electron chi connectivity index (χ2n) is 3.90. The lowest BCUT2D eigenvalue weighted by Crippen LogP contribution is -2.18. The molecule has 16 heavy (non-hydrogen) atoms. The molecule has 0 saturated heterocycles. The quantitative estimate of drug-likeness (QED) is 0.827. The molecular weight excluding hydrogens is 208 g/mol. The second-order valence-corrected chi connectivity index (χ2v) is 3.90. The number of rotatable bonds is 2. The molecule has 0 bridgehead atoms. The van der Waals surface area contributed by atoms with Gasteiger partial charge < -0.3 is 14.6 Å². The second kappa shape index (κ2) is 4.04. The van der Waals surface area contributed by atoms with Crippen LogP contribution >= 0.6 is 0 Å². The van der Waals surface area contributed by atoms with Gasteiger partial charge in [-0.1, -0.05) is 6.07 Å². The van der Waals surface area contributed by atoms with Crippen LogP contribution in [0.1, 0.15) is 16.7 Å². The molecule has 2 rings (SSSR count). The van der Waals surface area contributed by atoms with Crippen molar-refractivity contribution in [2.24, 2.45) is 0 Å². The number of fused-ring (bicyclic) bond motifs is 1. The van der Waals surface area contributed by atoms with Crippen LogP contribution in [0.5, 0.6) is 11.5 Å². The van der Waals surface area contributed by atoms with E-state index < -0.39 is 5.97 Å². The maximum atomic E-state index is 10.8. The van der Waals surface area contributed by atoms with E-state index >= 15 is 0 Å². The first-order chi connectivity index (χ1) is 7.59. The molecule has 1 aliphatic heterocycles. The van der Waals surface area contributed by atoms with Gasteiger partial charge in [0.1, 0.15) is 13.2 Å². The Kier molecular flexibility index (Phi) is 2.73. The van der Waals surface area contributed by atoms with Crippen molar-refractivity contribution < 1.29 is 19.4 Å². The fraction of sp³-hybridized carbons (Fsp3) is 0.417. The fourth-order valence-electron chi connectivity index (χ4n) is 1.84. The van der Waals surface area contributed by atoms with E-state index in [4.69, 9.17) is 14.6 Å². The monoisotopic (exact) mass is 222 g/mol. The van der Waals surface area contributed by atoms with Gasteiger partial charge in [-0.15, -0.1) is 0 Å². The van der Waals surface area contributed by atoms with E-state index in [1.807, 2.05) is 19.9 Å². The average molecular weight is 222 g/mol. The standard InChI is InChI=1S/C12H14O4/c1-7-5-9(6-10(13)14)12-11(8(7)2)15-3-4-16-12/h5H,3-4,6H2,1-2H3,(H,13,14). The van der Waals surface area contributed by atoms with E-state index in [1.54, 1.807) is 0 Å². The fourth-order valence-corrected chi connectivity index (χ4v) is 1.84. The highest BCUT2D eigenvalue weighted by atomic mass is 16.6. The van der Waals surface area contributed by atoms with Crippen LogP contribution in [0.3, 0.4) is 0 Å². The highest BCUT2D eigenvalue weighted by Gasteiger charge is 2.21. The Bertz CT molecular complexity index is 437. The molecule has 0 radical (unpaired) electrons.